The van der Waals surface area contributed by atoms with Crippen molar-refractivity contribution >= 4 is 17.3 Å². The predicted molar refractivity (Wildman–Crippen MR) is 88.6 cm³/mol. The van der Waals surface area contributed by atoms with Crippen LogP contribution in [0.2, 0.25) is 0 Å². The number of para-hydroxylation sites is 1. The topological polar surface area (TPSA) is 36.4 Å². The Bertz CT molecular complexity index is 680. The van der Waals surface area contributed by atoms with Gasteiger partial charge in [0, 0.05) is 37.2 Å². The molecule has 0 atom stereocenters. The van der Waals surface area contributed by atoms with Crippen LogP contribution >= 0.6 is 0 Å². The first-order valence-corrected chi connectivity index (χ1v) is 7.85. The maximum Gasteiger partial charge on any atom is 0.272 e. The molecule has 2 heterocycles. The molecule has 22 heavy (non-hydrogen) atoms. The lowest BCUT2D eigenvalue weighted by Gasteiger charge is -2.21. The van der Waals surface area contributed by atoms with E-state index in [9.17, 15) is 4.79 Å². The number of nitrogens with zero attached hydrogens (tertiary/aromatic N) is 3. The van der Waals surface area contributed by atoms with Crippen molar-refractivity contribution in [1.82, 2.24) is 9.88 Å². The van der Waals surface area contributed by atoms with Gasteiger partial charge in [0.25, 0.3) is 5.91 Å². The quantitative estimate of drug-likeness (QED) is 0.868. The zero-order valence-corrected chi connectivity index (χ0v) is 13.1. The van der Waals surface area contributed by atoms with Gasteiger partial charge in [0.15, 0.2) is 0 Å². The highest BCUT2D eigenvalue weighted by Gasteiger charge is 2.21. The Morgan fingerprint density at radius 1 is 1.23 bits per heavy atom. The second-order valence-electron chi connectivity index (χ2n) is 5.41. The Labute approximate surface area is 131 Å². The first-order valence-electron chi connectivity index (χ1n) is 7.85. The smallest absolute Gasteiger partial charge is 0.272 e. The summed E-state index contributed by atoms with van der Waals surface area (Å²) in [6.07, 6.45) is 2.77. The molecular formula is C18H21N3O. The molecule has 0 spiro atoms. The summed E-state index contributed by atoms with van der Waals surface area (Å²) in [4.78, 5) is 20.8. The SMILES string of the molecule is CCN(CC)C(=O)c1cc(N2CCc3ccccc32)ccn1. The number of anilines is 2. The largest absolute Gasteiger partial charge is 0.341 e. The number of fused-ring (bicyclic) bond motifs is 1. The van der Waals surface area contributed by atoms with E-state index in [2.05, 4.69) is 34.1 Å². The van der Waals surface area contributed by atoms with E-state index in [1.807, 2.05) is 26.0 Å². The molecule has 1 aliphatic rings. The Morgan fingerprint density at radius 3 is 2.77 bits per heavy atom. The average Bonchev–Trinajstić information content (AvgIpc) is 3.00. The predicted octanol–water partition coefficient (Wildman–Crippen LogP) is 3.26. The molecule has 3 rings (SSSR count). The van der Waals surface area contributed by atoms with Crippen LogP contribution in [0.3, 0.4) is 0 Å². The van der Waals surface area contributed by atoms with Gasteiger partial charge >= 0.3 is 0 Å². The number of hydrogen-bond acceptors (Lipinski definition) is 3. The van der Waals surface area contributed by atoms with Crippen LogP contribution in [-0.4, -0.2) is 35.4 Å². The van der Waals surface area contributed by atoms with Gasteiger partial charge in [0.05, 0.1) is 0 Å². The number of carbonyl (C=O) groups is 1. The van der Waals surface area contributed by atoms with Crippen LogP contribution in [0.5, 0.6) is 0 Å². The monoisotopic (exact) mass is 295 g/mol. The summed E-state index contributed by atoms with van der Waals surface area (Å²) < 4.78 is 0. The van der Waals surface area contributed by atoms with E-state index < -0.39 is 0 Å². The number of carbonyl (C=O) groups excluding carboxylic acids is 1. The zero-order valence-electron chi connectivity index (χ0n) is 13.1. The Hall–Kier alpha value is -2.36. The molecule has 0 radical (unpaired) electrons. The van der Waals surface area contributed by atoms with Crippen molar-refractivity contribution in [3.63, 3.8) is 0 Å². The lowest BCUT2D eigenvalue weighted by molar-refractivity contribution is 0.0767. The fourth-order valence-corrected chi connectivity index (χ4v) is 2.98. The normalized spacial score (nSPS) is 13.1. The Morgan fingerprint density at radius 2 is 2.00 bits per heavy atom. The lowest BCUT2D eigenvalue weighted by atomic mass is 10.2. The first-order chi connectivity index (χ1) is 10.7. The molecule has 0 unspecified atom stereocenters. The van der Waals surface area contributed by atoms with Gasteiger partial charge in [-0.2, -0.15) is 0 Å². The van der Waals surface area contributed by atoms with Gasteiger partial charge in [-0.1, -0.05) is 18.2 Å². The van der Waals surface area contributed by atoms with Gasteiger partial charge in [0.2, 0.25) is 0 Å². The molecule has 4 nitrogen and oxygen atoms in total. The minimum absolute atomic E-state index is 0.000618. The second-order valence-corrected chi connectivity index (χ2v) is 5.41. The van der Waals surface area contributed by atoms with Crippen molar-refractivity contribution in [3.8, 4) is 0 Å². The van der Waals surface area contributed by atoms with Crippen LogP contribution in [0, 0.1) is 0 Å². The summed E-state index contributed by atoms with van der Waals surface area (Å²) in [5.74, 6) is -0.000618. The minimum Gasteiger partial charge on any atom is -0.341 e. The van der Waals surface area contributed by atoms with E-state index in [-0.39, 0.29) is 5.91 Å². The molecule has 0 saturated carbocycles. The van der Waals surface area contributed by atoms with E-state index >= 15 is 0 Å². The van der Waals surface area contributed by atoms with Crippen molar-refractivity contribution < 1.29 is 4.79 Å². The van der Waals surface area contributed by atoms with E-state index in [0.717, 1.165) is 18.7 Å². The summed E-state index contributed by atoms with van der Waals surface area (Å²) in [5, 5.41) is 0. The molecule has 114 valence electrons. The van der Waals surface area contributed by atoms with Crippen molar-refractivity contribution in [2.75, 3.05) is 24.5 Å². The summed E-state index contributed by atoms with van der Waals surface area (Å²) in [6.45, 7) is 6.33. The number of amides is 1. The molecule has 0 saturated heterocycles. The Balaban J connectivity index is 1.91. The molecule has 0 aliphatic carbocycles. The van der Waals surface area contributed by atoms with Gasteiger partial charge in [-0.15, -0.1) is 0 Å². The Kier molecular flexibility index (Phi) is 4.09. The molecule has 1 aliphatic heterocycles. The third-order valence-electron chi connectivity index (χ3n) is 4.21. The summed E-state index contributed by atoms with van der Waals surface area (Å²) in [5.41, 5.74) is 4.15. The van der Waals surface area contributed by atoms with Crippen LogP contribution < -0.4 is 4.90 Å². The molecule has 1 amide bonds. The highest BCUT2D eigenvalue weighted by atomic mass is 16.2. The first kappa shape index (κ1) is 14.6. The molecular weight excluding hydrogens is 274 g/mol. The summed E-state index contributed by atoms with van der Waals surface area (Å²) in [6, 6.07) is 12.3. The molecule has 4 heteroatoms. The maximum absolute atomic E-state index is 12.5. The molecule has 1 aromatic heterocycles. The van der Waals surface area contributed by atoms with Gasteiger partial charge in [0.1, 0.15) is 5.69 Å². The van der Waals surface area contributed by atoms with Gasteiger partial charge in [-0.05, 0) is 44.0 Å². The average molecular weight is 295 g/mol. The van der Waals surface area contributed by atoms with Crippen molar-refractivity contribution in [3.05, 3.63) is 53.9 Å². The van der Waals surface area contributed by atoms with Gasteiger partial charge < -0.3 is 9.80 Å². The van der Waals surface area contributed by atoms with Crippen LogP contribution in [0.4, 0.5) is 11.4 Å². The standard InChI is InChI=1S/C18H21N3O/c1-3-20(4-2)18(22)16-13-15(9-11-19-16)21-12-10-14-7-5-6-8-17(14)21/h5-9,11,13H,3-4,10,12H2,1-2H3. The van der Waals surface area contributed by atoms with Crippen molar-refractivity contribution in [2.45, 2.75) is 20.3 Å². The summed E-state index contributed by atoms with van der Waals surface area (Å²) in [7, 11) is 0. The number of rotatable bonds is 4. The van der Waals surface area contributed by atoms with E-state index in [1.165, 1.54) is 11.3 Å². The second kappa shape index (κ2) is 6.18. The highest BCUT2D eigenvalue weighted by molar-refractivity contribution is 5.93. The summed E-state index contributed by atoms with van der Waals surface area (Å²) >= 11 is 0. The fourth-order valence-electron chi connectivity index (χ4n) is 2.98. The molecule has 0 bridgehead atoms. The maximum atomic E-state index is 12.5. The lowest BCUT2D eigenvalue weighted by Crippen LogP contribution is -2.31. The third kappa shape index (κ3) is 2.56. The van der Waals surface area contributed by atoms with E-state index in [1.54, 1.807) is 11.1 Å². The van der Waals surface area contributed by atoms with Crippen molar-refractivity contribution in [1.29, 1.82) is 0 Å². The molecule has 0 fully saturated rings. The van der Waals surface area contributed by atoms with Crippen molar-refractivity contribution in [2.24, 2.45) is 0 Å². The minimum atomic E-state index is -0.000618. The molecule has 1 aromatic carbocycles. The molecule has 0 N–H and O–H groups in total. The van der Waals surface area contributed by atoms with Crippen LogP contribution in [-0.2, 0) is 6.42 Å². The molecule has 2 aromatic rings. The number of aromatic nitrogens is 1. The van der Waals surface area contributed by atoms with Crippen LogP contribution in [0.15, 0.2) is 42.6 Å². The van der Waals surface area contributed by atoms with Gasteiger partial charge in [-0.3, -0.25) is 9.78 Å². The number of hydrogen-bond donors (Lipinski definition) is 0. The highest BCUT2D eigenvalue weighted by Crippen LogP contribution is 2.34. The van der Waals surface area contributed by atoms with E-state index in [4.69, 9.17) is 0 Å². The third-order valence-corrected chi connectivity index (χ3v) is 4.21. The van der Waals surface area contributed by atoms with E-state index in [0.29, 0.717) is 18.8 Å². The van der Waals surface area contributed by atoms with Crippen LogP contribution in [0.1, 0.15) is 29.9 Å². The van der Waals surface area contributed by atoms with Crippen LogP contribution in [0.25, 0.3) is 0 Å². The fraction of sp³-hybridized carbons (Fsp3) is 0.333. The van der Waals surface area contributed by atoms with Gasteiger partial charge in [-0.25, -0.2) is 0 Å². The zero-order chi connectivity index (χ0) is 15.5. The number of benzene rings is 1. The number of pyridine rings is 1.